The Morgan fingerprint density at radius 1 is 1.38 bits per heavy atom. The summed E-state index contributed by atoms with van der Waals surface area (Å²) in [4.78, 5) is 15.9. The van der Waals surface area contributed by atoms with Gasteiger partial charge in [0.05, 0.1) is 0 Å². The zero-order valence-electron chi connectivity index (χ0n) is 9.95. The normalized spacial score (nSPS) is 26.9. The summed E-state index contributed by atoms with van der Waals surface area (Å²) in [6.07, 6.45) is 1.81. The first kappa shape index (κ1) is 13.7. The molecule has 2 fully saturated rings. The molecule has 2 rings (SSSR count). The minimum absolute atomic E-state index is 0. The van der Waals surface area contributed by atoms with Crippen LogP contribution >= 0.6 is 12.4 Å². The molecule has 0 aromatic rings. The van der Waals surface area contributed by atoms with Crippen LogP contribution < -0.4 is 5.32 Å². The van der Waals surface area contributed by atoms with Gasteiger partial charge in [0.2, 0.25) is 5.91 Å². The third-order valence-electron chi connectivity index (χ3n) is 3.47. The summed E-state index contributed by atoms with van der Waals surface area (Å²) in [6, 6.07) is 0.608. The van der Waals surface area contributed by atoms with Gasteiger partial charge in [0.15, 0.2) is 0 Å². The fourth-order valence-corrected chi connectivity index (χ4v) is 2.40. The maximum atomic E-state index is 11.4. The van der Waals surface area contributed by atoms with E-state index in [-0.39, 0.29) is 12.4 Å². The van der Waals surface area contributed by atoms with E-state index in [0.29, 0.717) is 11.9 Å². The van der Waals surface area contributed by atoms with Crippen molar-refractivity contribution in [3.05, 3.63) is 0 Å². The van der Waals surface area contributed by atoms with Crippen molar-refractivity contribution < 1.29 is 4.79 Å². The van der Waals surface area contributed by atoms with Gasteiger partial charge in [-0.05, 0) is 13.3 Å². The molecule has 0 radical (unpaired) electrons. The van der Waals surface area contributed by atoms with Gasteiger partial charge in [0, 0.05) is 51.7 Å². The average molecular weight is 248 g/mol. The van der Waals surface area contributed by atoms with Gasteiger partial charge < -0.3 is 10.2 Å². The molecule has 4 nitrogen and oxygen atoms in total. The first-order chi connectivity index (χ1) is 7.27. The highest BCUT2D eigenvalue weighted by Gasteiger charge is 2.22. The highest BCUT2D eigenvalue weighted by Crippen LogP contribution is 2.10. The first-order valence-corrected chi connectivity index (χ1v) is 6.00. The number of nitrogens with one attached hydrogen (secondary N) is 1. The van der Waals surface area contributed by atoms with Crippen molar-refractivity contribution in [2.45, 2.75) is 25.8 Å². The van der Waals surface area contributed by atoms with Gasteiger partial charge in [-0.1, -0.05) is 0 Å². The summed E-state index contributed by atoms with van der Waals surface area (Å²) < 4.78 is 0. The molecule has 2 aliphatic rings. The predicted octanol–water partition coefficient (Wildman–Crippen LogP) is 0.324. The summed E-state index contributed by atoms with van der Waals surface area (Å²) in [5.74, 6) is 0.345. The van der Waals surface area contributed by atoms with Crippen molar-refractivity contribution in [1.82, 2.24) is 15.1 Å². The van der Waals surface area contributed by atoms with Crippen molar-refractivity contribution in [2.75, 3.05) is 39.3 Å². The van der Waals surface area contributed by atoms with Gasteiger partial charge in [0.1, 0.15) is 0 Å². The van der Waals surface area contributed by atoms with Gasteiger partial charge in [-0.25, -0.2) is 0 Å². The van der Waals surface area contributed by atoms with Gasteiger partial charge in [-0.2, -0.15) is 0 Å². The number of carbonyl (C=O) groups excluding carboxylic acids is 1. The topological polar surface area (TPSA) is 35.6 Å². The summed E-state index contributed by atoms with van der Waals surface area (Å²) in [5.41, 5.74) is 0. The lowest BCUT2D eigenvalue weighted by molar-refractivity contribution is -0.127. The van der Waals surface area contributed by atoms with Crippen LogP contribution in [0, 0.1) is 0 Å². The number of amides is 1. The molecule has 0 aromatic heterocycles. The number of hydrogen-bond acceptors (Lipinski definition) is 3. The van der Waals surface area contributed by atoms with E-state index in [1.807, 2.05) is 4.90 Å². The van der Waals surface area contributed by atoms with Crippen LogP contribution in [-0.2, 0) is 4.79 Å². The molecule has 0 aromatic carbocycles. The molecule has 16 heavy (non-hydrogen) atoms. The Kier molecular flexibility index (Phi) is 5.52. The minimum atomic E-state index is 0. The molecule has 0 spiro atoms. The molecule has 1 atom stereocenters. The second-order valence-corrected chi connectivity index (χ2v) is 4.57. The number of rotatable bonds is 3. The Bertz CT molecular complexity index is 237. The van der Waals surface area contributed by atoms with E-state index < -0.39 is 0 Å². The lowest BCUT2D eigenvalue weighted by Gasteiger charge is -2.34. The van der Waals surface area contributed by atoms with Gasteiger partial charge >= 0.3 is 0 Å². The van der Waals surface area contributed by atoms with Gasteiger partial charge in [-0.15, -0.1) is 12.4 Å². The zero-order valence-corrected chi connectivity index (χ0v) is 10.8. The maximum absolute atomic E-state index is 11.4. The van der Waals surface area contributed by atoms with E-state index in [9.17, 15) is 4.79 Å². The van der Waals surface area contributed by atoms with E-state index in [2.05, 4.69) is 17.1 Å². The molecule has 5 heteroatoms. The number of likely N-dealkylation sites (tertiary alicyclic amines) is 1. The number of hydrogen-bond donors (Lipinski definition) is 1. The van der Waals surface area contributed by atoms with Crippen LogP contribution in [0.3, 0.4) is 0 Å². The Balaban J connectivity index is 0.00000128. The van der Waals surface area contributed by atoms with Crippen molar-refractivity contribution in [3.63, 3.8) is 0 Å². The fraction of sp³-hybridized carbons (Fsp3) is 0.909. The number of piperazine rings is 1. The smallest absolute Gasteiger partial charge is 0.222 e. The summed E-state index contributed by atoms with van der Waals surface area (Å²) in [6.45, 7) is 8.45. The van der Waals surface area contributed by atoms with Crippen LogP contribution in [0.2, 0.25) is 0 Å². The molecule has 0 aliphatic carbocycles. The molecular weight excluding hydrogens is 226 g/mol. The number of nitrogens with zero attached hydrogens (tertiary/aromatic N) is 2. The van der Waals surface area contributed by atoms with Crippen LogP contribution in [0.25, 0.3) is 0 Å². The van der Waals surface area contributed by atoms with E-state index in [1.165, 1.54) is 0 Å². The SMILES string of the molecule is CC1CNCCN1CCN1CCCC1=O.Cl. The molecule has 0 bridgehead atoms. The summed E-state index contributed by atoms with van der Waals surface area (Å²) in [7, 11) is 0. The molecule has 2 aliphatic heterocycles. The molecular formula is C11H22ClN3O. The van der Waals surface area contributed by atoms with E-state index in [4.69, 9.17) is 0 Å². The van der Waals surface area contributed by atoms with Crippen LogP contribution in [0.4, 0.5) is 0 Å². The van der Waals surface area contributed by atoms with Crippen LogP contribution in [0.15, 0.2) is 0 Å². The number of halogens is 1. The van der Waals surface area contributed by atoms with Crippen molar-refractivity contribution in [3.8, 4) is 0 Å². The lowest BCUT2D eigenvalue weighted by atomic mass is 10.2. The van der Waals surface area contributed by atoms with Crippen molar-refractivity contribution >= 4 is 18.3 Å². The van der Waals surface area contributed by atoms with Crippen LogP contribution in [0.1, 0.15) is 19.8 Å². The Hall–Kier alpha value is -0.320. The minimum Gasteiger partial charge on any atom is -0.341 e. The third kappa shape index (κ3) is 3.34. The highest BCUT2D eigenvalue weighted by molar-refractivity contribution is 5.85. The fourth-order valence-electron chi connectivity index (χ4n) is 2.40. The maximum Gasteiger partial charge on any atom is 0.222 e. The molecule has 1 amide bonds. The van der Waals surface area contributed by atoms with E-state index in [0.717, 1.165) is 52.1 Å². The molecule has 0 saturated carbocycles. The molecule has 1 N–H and O–H groups in total. The predicted molar refractivity (Wildman–Crippen MR) is 67.0 cm³/mol. The quantitative estimate of drug-likeness (QED) is 0.781. The zero-order chi connectivity index (χ0) is 10.7. The lowest BCUT2D eigenvalue weighted by Crippen LogP contribution is -2.51. The molecule has 2 saturated heterocycles. The largest absolute Gasteiger partial charge is 0.341 e. The van der Waals surface area contributed by atoms with E-state index >= 15 is 0 Å². The third-order valence-corrected chi connectivity index (χ3v) is 3.47. The van der Waals surface area contributed by atoms with Gasteiger partial charge in [0.25, 0.3) is 0 Å². The summed E-state index contributed by atoms with van der Waals surface area (Å²) >= 11 is 0. The Morgan fingerprint density at radius 2 is 2.19 bits per heavy atom. The standard InChI is InChI=1S/C11H21N3O.ClH/c1-10-9-12-4-6-13(10)7-8-14-5-2-3-11(14)15;/h10,12H,2-9H2,1H3;1H. The van der Waals surface area contributed by atoms with Crippen LogP contribution in [0.5, 0.6) is 0 Å². The Morgan fingerprint density at radius 3 is 2.81 bits per heavy atom. The molecule has 2 heterocycles. The van der Waals surface area contributed by atoms with Crippen LogP contribution in [-0.4, -0.2) is 61.0 Å². The second-order valence-electron chi connectivity index (χ2n) is 4.57. The Labute approximate surface area is 104 Å². The number of carbonyl (C=O) groups is 1. The molecule has 1 unspecified atom stereocenters. The average Bonchev–Trinajstić information content (AvgIpc) is 2.63. The van der Waals surface area contributed by atoms with Gasteiger partial charge in [-0.3, -0.25) is 9.69 Å². The first-order valence-electron chi connectivity index (χ1n) is 6.00. The van der Waals surface area contributed by atoms with Crippen molar-refractivity contribution in [1.29, 1.82) is 0 Å². The molecule has 94 valence electrons. The monoisotopic (exact) mass is 247 g/mol. The summed E-state index contributed by atoms with van der Waals surface area (Å²) in [5, 5.41) is 3.38. The second kappa shape index (κ2) is 6.42. The highest BCUT2D eigenvalue weighted by atomic mass is 35.5. The van der Waals surface area contributed by atoms with Crippen molar-refractivity contribution in [2.24, 2.45) is 0 Å². The van der Waals surface area contributed by atoms with E-state index in [1.54, 1.807) is 0 Å².